The van der Waals surface area contributed by atoms with Gasteiger partial charge in [0.05, 0.1) is 16.8 Å². The predicted octanol–water partition coefficient (Wildman–Crippen LogP) is 6.87. The number of hydrogen-bond donors (Lipinski definition) is 0. The Balaban J connectivity index is 2.32. The van der Waals surface area contributed by atoms with Gasteiger partial charge in [-0.15, -0.1) is 0 Å². The fourth-order valence-electron chi connectivity index (χ4n) is 2.83. The van der Waals surface area contributed by atoms with Crippen LogP contribution < -0.4 is 0 Å². The van der Waals surface area contributed by atoms with E-state index in [4.69, 9.17) is 4.74 Å². The molecule has 0 spiro atoms. The maximum absolute atomic E-state index is 13.5. The summed E-state index contributed by atoms with van der Waals surface area (Å²) >= 11 is 3.34. The zero-order valence-electron chi connectivity index (χ0n) is 14.9. The lowest BCUT2D eigenvalue weighted by molar-refractivity contribution is -0.137. The standard InChI is InChI=1S/C20H17BrF3NO2/c1-19(2,3)27-18(26)25-16-11-13(21)9-8-12(16)10-17(25)14-6-4-5-7-15(14)20(22,23)24/h4-11H,1-3H3. The molecule has 0 fully saturated rings. The van der Waals surface area contributed by atoms with Gasteiger partial charge in [-0.3, -0.25) is 0 Å². The summed E-state index contributed by atoms with van der Waals surface area (Å²) < 4.78 is 47.9. The van der Waals surface area contributed by atoms with Crippen molar-refractivity contribution < 1.29 is 22.7 Å². The lowest BCUT2D eigenvalue weighted by Gasteiger charge is -2.21. The highest BCUT2D eigenvalue weighted by atomic mass is 79.9. The molecule has 3 rings (SSSR count). The van der Waals surface area contributed by atoms with Gasteiger partial charge in [-0.25, -0.2) is 9.36 Å². The second-order valence-corrected chi connectivity index (χ2v) is 8.01. The van der Waals surface area contributed by atoms with E-state index in [2.05, 4.69) is 15.9 Å². The summed E-state index contributed by atoms with van der Waals surface area (Å²) in [4.78, 5) is 12.8. The molecule has 0 N–H and O–H groups in total. The molecule has 0 bridgehead atoms. The van der Waals surface area contributed by atoms with E-state index in [-0.39, 0.29) is 11.3 Å². The van der Waals surface area contributed by atoms with Crippen LogP contribution in [0.3, 0.4) is 0 Å². The van der Waals surface area contributed by atoms with Crippen LogP contribution >= 0.6 is 15.9 Å². The van der Waals surface area contributed by atoms with Crippen LogP contribution in [0.4, 0.5) is 18.0 Å². The first-order chi connectivity index (χ1) is 12.5. The summed E-state index contributed by atoms with van der Waals surface area (Å²) in [6.07, 6.45) is -5.28. The van der Waals surface area contributed by atoms with Crippen molar-refractivity contribution >= 4 is 32.9 Å². The largest absolute Gasteiger partial charge is 0.443 e. The highest BCUT2D eigenvalue weighted by molar-refractivity contribution is 9.10. The van der Waals surface area contributed by atoms with E-state index in [1.165, 1.54) is 22.8 Å². The molecule has 142 valence electrons. The van der Waals surface area contributed by atoms with Gasteiger partial charge in [-0.2, -0.15) is 13.2 Å². The number of aromatic nitrogens is 1. The second-order valence-electron chi connectivity index (χ2n) is 7.09. The van der Waals surface area contributed by atoms with Gasteiger partial charge in [0.15, 0.2) is 0 Å². The van der Waals surface area contributed by atoms with Gasteiger partial charge in [0.2, 0.25) is 0 Å². The number of rotatable bonds is 1. The molecule has 0 aliphatic rings. The van der Waals surface area contributed by atoms with Gasteiger partial charge in [0, 0.05) is 15.4 Å². The van der Waals surface area contributed by atoms with E-state index < -0.39 is 23.4 Å². The van der Waals surface area contributed by atoms with Gasteiger partial charge in [-0.05, 0) is 45.0 Å². The number of benzene rings is 2. The summed E-state index contributed by atoms with van der Waals surface area (Å²) in [7, 11) is 0. The number of nitrogens with zero attached hydrogens (tertiary/aromatic N) is 1. The molecule has 3 nitrogen and oxygen atoms in total. The predicted molar refractivity (Wildman–Crippen MR) is 102 cm³/mol. The van der Waals surface area contributed by atoms with Crippen molar-refractivity contribution in [2.75, 3.05) is 0 Å². The highest BCUT2D eigenvalue weighted by Crippen LogP contribution is 2.39. The summed E-state index contributed by atoms with van der Waals surface area (Å²) in [6.45, 7) is 5.11. The maximum Gasteiger partial charge on any atom is 0.419 e. The molecule has 2 aromatic carbocycles. The quantitative estimate of drug-likeness (QED) is 0.414. The smallest absolute Gasteiger partial charge is 0.419 e. The van der Waals surface area contributed by atoms with Crippen molar-refractivity contribution in [3.8, 4) is 11.3 Å². The van der Waals surface area contributed by atoms with Crippen molar-refractivity contribution in [3.05, 3.63) is 58.6 Å². The normalized spacial score (nSPS) is 12.4. The van der Waals surface area contributed by atoms with E-state index >= 15 is 0 Å². The van der Waals surface area contributed by atoms with Crippen molar-refractivity contribution in [2.45, 2.75) is 32.5 Å². The van der Waals surface area contributed by atoms with Crippen LogP contribution in [0.5, 0.6) is 0 Å². The van der Waals surface area contributed by atoms with Crippen LogP contribution in [0.2, 0.25) is 0 Å². The summed E-state index contributed by atoms with van der Waals surface area (Å²) in [5.41, 5.74) is -1.09. The first-order valence-electron chi connectivity index (χ1n) is 8.18. The van der Waals surface area contributed by atoms with Gasteiger partial charge < -0.3 is 4.74 Å². The molecule has 3 aromatic rings. The van der Waals surface area contributed by atoms with Crippen LogP contribution in [-0.4, -0.2) is 16.3 Å². The van der Waals surface area contributed by atoms with E-state index in [1.807, 2.05) is 0 Å². The third-order valence-corrected chi connectivity index (χ3v) is 4.34. The molecule has 0 saturated heterocycles. The Hall–Kier alpha value is -2.28. The third kappa shape index (κ3) is 4.03. The number of carbonyl (C=O) groups excluding carboxylic acids is 1. The number of hydrogen-bond acceptors (Lipinski definition) is 2. The fourth-order valence-corrected chi connectivity index (χ4v) is 3.18. The molecular formula is C20H17BrF3NO2. The summed E-state index contributed by atoms with van der Waals surface area (Å²) in [5, 5.41) is 0.635. The van der Waals surface area contributed by atoms with Crippen molar-refractivity contribution in [1.29, 1.82) is 0 Å². The minimum absolute atomic E-state index is 0.0804. The Bertz CT molecular complexity index is 1020. The highest BCUT2D eigenvalue weighted by Gasteiger charge is 2.35. The number of fused-ring (bicyclic) bond motifs is 1. The molecule has 7 heteroatoms. The van der Waals surface area contributed by atoms with E-state index in [1.54, 1.807) is 45.0 Å². The fraction of sp³-hybridized carbons (Fsp3) is 0.250. The molecule has 0 aliphatic heterocycles. The average molecular weight is 440 g/mol. The Labute approximate surface area is 162 Å². The van der Waals surface area contributed by atoms with Gasteiger partial charge in [0.25, 0.3) is 0 Å². The summed E-state index contributed by atoms with van der Waals surface area (Å²) in [5.74, 6) is 0. The van der Waals surface area contributed by atoms with E-state index in [0.29, 0.717) is 15.4 Å². The van der Waals surface area contributed by atoms with Crippen LogP contribution in [0, 0.1) is 0 Å². The molecule has 1 heterocycles. The van der Waals surface area contributed by atoms with Crippen molar-refractivity contribution in [1.82, 2.24) is 4.57 Å². The Morgan fingerprint density at radius 3 is 2.33 bits per heavy atom. The number of alkyl halides is 3. The van der Waals surface area contributed by atoms with E-state index in [9.17, 15) is 18.0 Å². The zero-order chi connectivity index (χ0) is 20.0. The molecule has 1 aromatic heterocycles. The number of carbonyl (C=O) groups is 1. The Morgan fingerprint density at radius 2 is 1.70 bits per heavy atom. The minimum Gasteiger partial charge on any atom is -0.443 e. The van der Waals surface area contributed by atoms with Gasteiger partial charge >= 0.3 is 12.3 Å². The number of ether oxygens (including phenoxy) is 1. The van der Waals surface area contributed by atoms with Gasteiger partial charge in [-0.1, -0.05) is 40.2 Å². The van der Waals surface area contributed by atoms with Crippen molar-refractivity contribution in [3.63, 3.8) is 0 Å². The third-order valence-electron chi connectivity index (χ3n) is 3.85. The second kappa shape index (κ2) is 6.71. The van der Waals surface area contributed by atoms with Crippen LogP contribution in [-0.2, 0) is 10.9 Å². The first kappa shape index (κ1) is 19.5. The molecule has 0 unspecified atom stereocenters. The molecule has 0 saturated carbocycles. The topological polar surface area (TPSA) is 31.2 Å². The average Bonchev–Trinajstić information content (AvgIpc) is 2.91. The SMILES string of the molecule is CC(C)(C)OC(=O)n1c(-c2ccccc2C(F)(F)F)cc2ccc(Br)cc21. The number of halogens is 4. The monoisotopic (exact) mass is 439 g/mol. The Kier molecular flexibility index (Phi) is 4.84. The molecule has 0 radical (unpaired) electrons. The minimum atomic E-state index is -4.55. The molecule has 0 atom stereocenters. The first-order valence-corrected chi connectivity index (χ1v) is 8.97. The maximum atomic E-state index is 13.5. The summed E-state index contributed by atoms with van der Waals surface area (Å²) in [6, 6.07) is 11.9. The van der Waals surface area contributed by atoms with E-state index in [0.717, 1.165) is 6.07 Å². The Morgan fingerprint density at radius 1 is 1.04 bits per heavy atom. The molecule has 0 aliphatic carbocycles. The van der Waals surface area contributed by atoms with Crippen LogP contribution in [0.15, 0.2) is 53.0 Å². The molecular weight excluding hydrogens is 423 g/mol. The zero-order valence-corrected chi connectivity index (χ0v) is 16.5. The lowest BCUT2D eigenvalue weighted by Crippen LogP contribution is -2.27. The van der Waals surface area contributed by atoms with Crippen LogP contribution in [0.1, 0.15) is 26.3 Å². The van der Waals surface area contributed by atoms with Crippen molar-refractivity contribution in [2.24, 2.45) is 0 Å². The molecule has 27 heavy (non-hydrogen) atoms. The molecule has 0 amide bonds. The van der Waals surface area contributed by atoms with Crippen LogP contribution in [0.25, 0.3) is 22.2 Å². The van der Waals surface area contributed by atoms with Gasteiger partial charge in [0.1, 0.15) is 5.60 Å². The lowest BCUT2D eigenvalue weighted by atomic mass is 10.0.